The van der Waals surface area contributed by atoms with Crippen molar-refractivity contribution in [2.24, 2.45) is 0 Å². The fourth-order valence-corrected chi connectivity index (χ4v) is 6.05. The van der Waals surface area contributed by atoms with E-state index in [4.69, 9.17) is 4.52 Å². The number of aryl methyl sites for hydroxylation is 1. The third-order valence-electron chi connectivity index (χ3n) is 7.00. The molecule has 4 rings (SSSR count). The Hall–Kier alpha value is -3.21. The summed E-state index contributed by atoms with van der Waals surface area (Å²) in [6.07, 6.45) is 3.79. The topological polar surface area (TPSA) is 139 Å². The van der Waals surface area contributed by atoms with Crippen LogP contribution >= 0.6 is 0 Å². The van der Waals surface area contributed by atoms with Crippen molar-refractivity contribution >= 4 is 33.1 Å². The van der Waals surface area contributed by atoms with Crippen LogP contribution in [0.1, 0.15) is 61.7 Å². The summed E-state index contributed by atoms with van der Waals surface area (Å²) in [4.78, 5) is 41.3. The molecular formula is C25H32N4O6S. The Morgan fingerprint density at radius 3 is 2.56 bits per heavy atom. The monoisotopic (exact) mass is 516 g/mol. The molecule has 2 fully saturated rings. The first kappa shape index (κ1) is 25.9. The highest BCUT2D eigenvalue weighted by Crippen LogP contribution is 2.31. The van der Waals surface area contributed by atoms with E-state index >= 15 is 0 Å². The molecule has 10 nitrogen and oxygen atoms in total. The number of nitrogens with zero attached hydrogens (tertiary/aromatic N) is 2. The third kappa shape index (κ3) is 5.30. The molecule has 1 atom stereocenters. The Balaban J connectivity index is 1.46. The van der Waals surface area contributed by atoms with Crippen LogP contribution in [0.2, 0.25) is 0 Å². The fraction of sp³-hybridized carbons (Fsp3) is 0.520. The van der Waals surface area contributed by atoms with E-state index in [2.05, 4.69) is 15.8 Å². The van der Waals surface area contributed by atoms with Gasteiger partial charge in [-0.25, -0.2) is 8.42 Å². The van der Waals surface area contributed by atoms with Crippen molar-refractivity contribution in [1.82, 2.24) is 15.8 Å². The van der Waals surface area contributed by atoms with Crippen molar-refractivity contribution < 1.29 is 27.3 Å². The molecule has 2 aromatic rings. The van der Waals surface area contributed by atoms with Crippen LogP contribution in [0.5, 0.6) is 0 Å². The SMILES string of the molecule is CCS(=O)(=O)c1ccccc1N1CCC(NC(=O)C2(NC(=O)c3cc(C)on3)CCCCC2)C(=O)C1. The van der Waals surface area contributed by atoms with E-state index in [0.29, 0.717) is 37.3 Å². The zero-order chi connectivity index (χ0) is 25.9. The first-order valence-corrected chi connectivity index (χ1v) is 14.0. The van der Waals surface area contributed by atoms with Crippen molar-refractivity contribution in [1.29, 1.82) is 0 Å². The molecule has 0 bridgehead atoms. The molecule has 36 heavy (non-hydrogen) atoms. The summed E-state index contributed by atoms with van der Waals surface area (Å²) in [6.45, 7) is 3.66. The molecule has 0 radical (unpaired) electrons. The van der Waals surface area contributed by atoms with Gasteiger partial charge in [-0.2, -0.15) is 0 Å². The minimum atomic E-state index is -3.46. The lowest BCUT2D eigenvalue weighted by Crippen LogP contribution is -2.63. The van der Waals surface area contributed by atoms with Crippen LogP contribution in [0.25, 0.3) is 0 Å². The summed E-state index contributed by atoms with van der Waals surface area (Å²) in [5, 5.41) is 9.49. The minimum absolute atomic E-state index is 0.0151. The predicted molar refractivity (Wildman–Crippen MR) is 132 cm³/mol. The highest BCUT2D eigenvalue weighted by Gasteiger charge is 2.43. The van der Waals surface area contributed by atoms with E-state index in [-0.39, 0.29) is 34.6 Å². The maximum Gasteiger partial charge on any atom is 0.274 e. The van der Waals surface area contributed by atoms with Gasteiger partial charge in [0.05, 0.1) is 28.9 Å². The quantitative estimate of drug-likeness (QED) is 0.571. The van der Waals surface area contributed by atoms with Gasteiger partial charge in [-0.3, -0.25) is 14.4 Å². The lowest BCUT2D eigenvalue weighted by Gasteiger charge is -2.39. The number of carbonyl (C=O) groups is 3. The van der Waals surface area contributed by atoms with E-state index in [1.807, 2.05) is 0 Å². The summed E-state index contributed by atoms with van der Waals surface area (Å²) in [7, 11) is -3.46. The number of Topliss-reactive ketones (excluding diaryl/α,β-unsaturated/α-hetero) is 1. The Bertz CT molecular complexity index is 1250. The molecule has 1 aromatic carbocycles. The van der Waals surface area contributed by atoms with Gasteiger partial charge in [-0.15, -0.1) is 0 Å². The van der Waals surface area contributed by atoms with Crippen LogP contribution in [0.3, 0.4) is 0 Å². The van der Waals surface area contributed by atoms with Gasteiger partial charge in [0.25, 0.3) is 5.91 Å². The number of hydrogen-bond acceptors (Lipinski definition) is 8. The standard InChI is InChI=1S/C25H32N4O6S/c1-3-36(33,34)22-10-6-5-9-20(22)29-14-11-18(21(30)16-29)26-24(32)25(12-7-4-8-13-25)27-23(31)19-15-17(2)35-28-19/h5-6,9-10,15,18H,3-4,7-8,11-14,16H2,1-2H3,(H,26,32)(H,27,31). The average Bonchev–Trinajstić information content (AvgIpc) is 3.32. The van der Waals surface area contributed by atoms with Gasteiger partial charge in [-0.1, -0.05) is 43.5 Å². The number of nitrogens with one attached hydrogen (secondary N) is 2. The molecule has 0 spiro atoms. The van der Waals surface area contributed by atoms with E-state index in [9.17, 15) is 22.8 Å². The molecule has 1 saturated carbocycles. The van der Waals surface area contributed by atoms with Crippen molar-refractivity contribution in [2.45, 2.75) is 68.8 Å². The maximum absolute atomic E-state index is 13.5. The number of ketones is 1. The maximum atomic E-state index is 13.5. The Morgan fingerprint density at radius 2 is 1.92 bits per heavy atom. The predicted octanol–water partition coefficient (Wildman–Crippen LogP) is 2.17. The fourth-order valence-electron chi connectivity index (χ4n) is 4.93. The Labute approximate surface area is 210 Å². The molecule has 1 aromatic heterocycles. The van der Waals surface area contributed by atoms with Gasteiger partial charge in [-0.05, 0) is 38.3 Å². The zero-order valence-corrected chi connectivity index (χ0v) is 21.4. The number of benzene rings is 1. The second-order valence-corrected chi connectivity index (χ2v) is 11.7. The van der Waals surface area contributed by atoms with Crippen LogP contribution in [0, 0.1) is 6.92 Å². The van der Waals surface area contributed by atoms with Crippen molar-refractivity contribution in [2.75, 3.05) is 23.7 Å². The first-order chi connectivity index (χ1) is 17.1. The molecule has 1 aliphatic heterocycles. The van der Waals surface area contributed by atoms with Crippen LogP contribution in [0.4, 0.5) is 5.69 Å². The molecular weight excluding hydrogens is 484 g/mol. The lowest BCUT2D eigenvalue weighted by atomic mass is 9.80. The average molecular weight is 517 g/mol. The number of sulfone groups is 1. The number of amides is 2. The number of para-hydroxylation sites is 1. The molecule has 194 valence electrons. The van der Waals surface area contributed by atoms with Gasteiger partial charge < -0.3 is 20.1 Å². The number of anilines is 1. The highest BCUT2D eigenvalue weighted by molar-refractivity contribution is 7.91. The summed E-state index contributed by atoms with van der Waals surface area (Å²) in [6, 6.07) is 7.46. The van der Waals surface area contributed by atoms with Gasteiger partial charge in [0.2, 0.25) is 5.91 Å². The first-order valence-electron chi connectivity index (χ1n) is 12.3. The Morgan fingerprint density at radius 1 is 1.19 bits per heavy atom. The second-order valence-electron chi connectivity index (χ2n) is 9.49. The van der Waals surface area contributed by atoms with E-state index in [0.717, 1.165) is 19.3 Å². The molecule has 2 heterocycles. The van der Waals surface area contributed by atoms with E-state index in [1.165, 1.54) is 6.07 Å². The van der Waals surface area contributed by atoms with Crippen LogP contribution in [-0.2, 0) is 19.4 Å². The van der Waals surface area contributed by atoms with Crippen LogP contribution in [-0.4, -0.2) is 61.6 Å². The molecule has 1 unspecified atom stereocenters. The second kappa shape index (κ2) is 10.4. The number of aromatic nitrogens is 1. The van der Waals surface area contributed by atoms with Crippen LogP contribution in [0.15, 0.2) is 39.8 Å². The van der Waals surface area contributed by atoms with Gasteiger partial charge >= 0.3 is 0 Å². The van der Waals surface area contributed by atoms with Crippen molar-refractivity contribution in [3.05, 3.63) is 41.8 Å². The molecule has 1 saturated heterocycles. The lowest BCUT2D eigenvalue weighted by molar-refractivity contribution is -0.133. The third-order valence-corrected chi connectivity index (χ3v) is 8.78. The van der Waals surface area contributed by atoms with E-state index < -0.39 is 27.3 Å². The normalized spacial score (nSPS) is 20.1. The summed E-state index contributed by atoms with van der Waals surface area (Å²) >= 11 is 0. The van der Waals surface area contributed by atoms with Gasteiger partial charge in [0.1, 0.15) is 11.3 Å². The molecule has 2 N–H and O–H groups in total. The smallest absolute Gasteiger partial charge is 0.274 e. The van der Waals surface area contributed by atoms with Crippen molar-refractivity contribution in [3.63, 3.8) is 0 Å². The summed E-state index contributed by atoms with van der Waals surface area (Å²) in [5.74, 6) is -0.613. The zero-order valence-electron chi connectivity index (χ0n) is 20.6. The Kier molecular flexibility index (Phi) is 7.49. The largest absolute Gasteiger partial charge is 0.363 e. The van der Waals surface area contributed by atoms with Gasteiger partial charge in [0.15, 0.2) is 21.3 Å². The number of hydrogen-bond donors (Lipinski definition) is 2. The minimum Gasteiger partial charge on any atom is -0.363 e. The number of rotatable bonds is 7. The molecule has 11 heteroatoms. The summed E-state index contributed by atoms with van der Waals surface area (Å²) < 4.78 is 30.1. The summed E-state index contributed by atoms with van der Waals surface area (Å²) in [5.41, 5.74) is -0.520. The number of carbonyl (C=O) groups excluding carboxylic acids is 3. The molecule has 2 amide bonds. The van der Waals surface area contributed by atoms with Crippen molar-refractivity contribution in [3.8, 4) is 0 Å². The van der Waals surface area contributed by atoms with Gasteiger partial charge in [0, 0.05) is 12.6 Å². The molecule has 1 aliphatic carbocycles. The van der Waals surface area contributed by atoms with Crippen LogP contribution < -0.4 is 15.5 Å². The number of piperidine rings is 1. The van der Waals surface area contributed by atoms with E-state index in [1.54, 1.807) is 43.0 Å². The highest BCUT2D eigenvalue weighted by atomic mass is 32.2. The molecule has 2 aliphatic rings.